The summed E-state index contributed by atoms with van der Waals surface area (Å²) >= 11 is 0. The smallest absolute Gasteiger partial charge is 0.407 e. The molecule has 3 aliphatic rings. The van der Waals surface area contributed by atoms with Crippen LogP contribution in [0.25, 0.3) is 0 Å². The average molecular weight is 233 g/mol. The van der Waals surface area contributed by atoms with Crippen molar-refractivity contribution in [2.45, 2.75) is 18.5 Å². The third-order valence-corrected chi connectivity index (χ3v) is 3.58. The molecule has 17 heavy (non-hydrogen) atoms. The van der Waals surface area contributed by atoms with Crippen molar-refractivity contribution in [2.75, 3.05) is 13.1 Å². The van der Waals surface area contributed by atoms with E-state index in [2.05, 4.69) is 10.2 Å². The summed E-state index contributed by atoms with van der Waals surface area (Å²) in [5.41, 5.74) is 0.812. The van der Waals surface area contributed by atoms with Crippen LogP contribution in [0.4, 0.5) is 4.79 Å². The molecule has 2 N–H and O–H groups in total. The highest BCUT2D eigenvalue weighted by atomic mass is 16.4. The molecule has 0 aromatic heterocycles. The van der Waals surface area contributed by atoms with Crippen LogP contribution in [-0.4, -0.2) is 39.8 Å². The second-order valence-electron chi connectivity index (χ2n) is 4.62. The molecular formula is C12H15N3O2. The zero-order chi connectivity index (χ0) is 11.9. The highest BCUT2D eigenvalue weighted by Crippen LogP contribution is 2.34. The number of carboxylic acid groups (broad SMARTS) is 1. The first-order valence-corrected chi connectivity index (χ1v) is 5.81. The second kappa shape index (κ2) is 3.55. The van der Waals surface area contributed by atoms with Gasteiger partial charge in [-0.2, -0.15) is 0 Å². The van der Waals surface area contributed by atoms with Gasteiger partial charge in [0.15, 0.2) is 0 Å². The number of hydrogen-bond donors (Lipinski definition) is 2. The molecule has 1 saturated heterocycles. The summed E-state index contributed by atoms with van der Waals surface area (Å²) in [5.74, 6) is 0. The van der Waals surface area contributed by atoms with E-state index < -0.39 is 6.09 Å². The van der Waals surface area contributed by atoms with E-state index in [1.54, 1.807) is 0 Å². The highest BCUT2D eigenvalue weighted by molar-refractivity contribution is 5.65. The molecule has 0 radical (unpaired) electrons. The van der Waals surface area contributed by atoms with E-state index in [9.17, 15) is 4.79 Å². The molecular weight excluding hydrogens is 218 g/mol. The summed E-state index contributed by atoms with van der Waals surface area (Å²) in [7, 11) is 0. The molecule has 90 valence electrons. The van der Waals surface area contributed by atoms with Crippen LogP contribution in [0.1, 0.15) is 12.8 Å². The van der Waals surface area contributed by atoms with E-state index in [0.29, 0.717) is 13.1 Å². The Morgan fingerprint density at radius 1 is 1.47 bits per heavy atom. The van der Waals surface area contributed by atoms with Gasteiger partial charge < -0.3 is 20.2 Å². The van der Waals surface area contributed by atoms with Gasteiger partial charge in [0, 0.05) is 18.9 Å². The number of amides is 1. The average Bonchev–Trinajstić information content (AvgIpc) is 2.69. The Kier molecular flexibility index (Phi) is 2.14. The van der Waals surface area contributed by atoms with Crippen LogP contribution in [0, 0.1) is 0 Å². The van der Waals surface area contributed by atoms with Crippen molar-refractivity contribution in [3.63, 3.8) is 0 Å². The fourth-order valence-electron chi connectivity index (χ4n) is 2.76. The Hall–Kier alpha value is -1.91. The minimum atomic E-state index is -0.837. The van der Waals surface area contributed by atoms with Crippen molar-refractivity contribution in [3.8, 4) is 0 Å². The fraction of sp³-hybridized carbons (Fsp3) is 0.417. The number of piperidine rings is 1. The topological polar surface area (TPSA) is 55.8 Å². The molecule has 1 amide bonds. The lowest BCUT2D eigenvalue weighted by atomic mass is 9.97. The summed E-state index contributed by atoms with van der Waals surface area (Å²) in [6.07, 6.45) is 11.0. The zero-order valence-electron chi connectivity index (χ0n) is 9.47. The number of allylic oxidation sites excluding steroid dienone is 3. The second-order valence-corrected chi connectivity index (χ2v) is 4.62. The number of hydrogen-bond acceptors (Lipinski definition) is 3. The summed E-state index contributed by atoms with van der Waals surface area (Å²) in [6.45, 7) is 1.13. The Morgan fingerprint density at radius 3 is 3.18 bits per heavy atom. The van der Waals surface area contributed by atoms with E-state index in [1.165, 1.54) is 4.90 Å². The van der Waals surface area contributed by atoms with Crippen LogP contribution in [0.2, 0.25) is 0 Å². The van der Waals surface area contributed by atoms with Crippen molar-refractivity contribution in [1.82, 2.24) is 15.1 Å². The van der Waals surface area contributed by atoms with Crippen LogP contribution < -0.4 is 5.32 Å². The maximum atomic E-state index is 11.1. The van der Waals surface area contributed by atoms with Gasteiger partial charge in [0.05, 0.1) is 12.2 Å². The molecule has 0 aromatic rings. The Balaban J connectivity index is 1.86. The standard InChI is InChI=1S/C12H15N3O2/c16-11(17)14-6-3-5-12(9-14)13-8-10-4-1-2-7-15(10)12/h1-2,4,7-8,13H,3,5-6,9H2,(H,16,17). The van der Waals surface area contributed by atoms with Gasteiger partial charge in [0.2, 0.25) is 0 Å². The van der Waals surface area contributed by atoms with E-state index >= 15 is 0 Å². The van der Waals surface area contributed by atoms with Crippen LogP contribution in [0.5, 0.6) is 0 Å². The predicted molar refractivity (Wildman–Crippen MR) is 62.9 cm³/mol. The molecule has 3 rings (SSSR count). The Bertz CT molecular complexity index is 441. The SMILES string of the molecule is O=C(O)N1CCCC2(C1)NC=C1C=CC=CN12. The fourth-order valence-corrected chi connectivity index (χ4v) is 2.76. The Labute approximate surface area is 99.7 Å². The number of carbonyl (C=O) groups is 1. The summed E-state index contributed by atoms with van der Waals surface area (Å²) in [4.78, 5) is 14.7. The van der Waals surface area contributed by atoms with Gasteiger partial charge in [-0.3, -0.25) is 0 Å². The predicted octanol–water partition coefficient (Wildman–Crippen LogP) is 1.29. The molecule has 1 unspecified atom stereocenters. The first kappa shape index (κ1) is 10.3. The van der Waals surface area contributed by atoms with E-state index in [1.807, 2.05) is 30.6 Å². The van der Waals surface area contributed by atoms with Crippen molar-refractivity contribution < 1.29 is 9.90 Å². The van der Waals surface area contributed by atoms with Crippen molar-refractivity contribution >= 4 is 6.09 Å². The van der Waals surface area contributed by atoms with Crippen molar-refractivity contribution in [2.24, 2.45) is 0 Å². The molecule has 1 fully saturated rings. The lowest BCUT2D eigenvalue weighted by molar-refractivity contribution is 0.0574. The molecule has 0 saturated carbocycles. The van der Waals surface area contributed by atoms with Crippen molar-refractivity contribution in [1.29, 1.82) is 0 Å². The van der Waals surface area contributed by atoms with Crippen LogP contribution >= 0.6 is 0 Å². The number of likely N-dealkylation sites (tertiary alicyclic amines) is 1. The molecule has 3 heterocycles. The minimum absolute atomic E-state index is 0.284. The number of nitrogens with zero attached hydrogens (tertiary/aromatic N) is 2. The summed E-state index contributed by atoms with van der Waals surface area (Å²) in [6, 6.07) is 0. The molecule has 0 aromatic carbocycles. The number of rotatable bonds is 0. The lowest BCUT2D eigenvalue weighted by Gasteiger charge is -2.45. The first-order chi connectivity index (χ1) is 8.21. The summed E-state index contributed by atoms with van der Waals surface area (Å²) < 4.78 is 0. The number of nitrogens with one attached hydrogen (secondary N) is 1. The van der Waals surface area contributed by atoms with Gasteiger partial charge in [0.1, 0.15) is 5.66 Å². The van der Waals surface area contributed by atoms with Gasteiger partial charge in [-0.1, -0.05) is 6.08 Å². The van der Waals surface area contributed by atoms with Crippen LogP contribution in [0.3, 0.4) is 0 Å². The normalized spacial score (nSPS) is 30.2. The lowest BCUT2D eigenvalue weighted by Crippen LogP contribution is -2.61. The van der Waals surface area contributed by atoms with Crippen molar-refractivity contribution in [3.05, 3.63) is 36.3 Å². The molecule has 1 atom stereocenters. The highest BCUT2D eigenvalue weighted by Gasteiger charge is 2.44. The van der Waals surface area contributed by atoms with E-state index in [-0.39, 0.29) is 5.66 Å². The third-order valence-electron chi connectivity index (χ3n) is 3.58. The van der Waals surface area contributed by atoms with Gasteiger partial charge >= 0.3 is 6.09 Å². The monoisotopic (exact) mass is 233 g/mol. The molecule has 1 spiro atoms. The maximum absolute atomic E-state index is 11.1. The van der Waals surface area contributed by atoms with E-state index in [0.717, 1.165) is 18.5 Å². The third kappa shape index (κ3) is 1.50. The largest absolute Gasteiger partial charge is 0.465 e. The van der Waals surface area contributed by atoms with E-state index in [4.69, 9.17) is 5.11 Å². The first-order valence-electron chi connectivity index (χ1n) is 5.81. The maximum Gasteiger partial charge on any atom is 0.407 e. The molecule has 0 aliphatic carbocycles. The zero-order valence-corrected chi connectivity index (χ0v) is 9.47. The molecule has 3 aliphatic heterocycles. The van der Waals surface area contributed by atoms with Gasteiger partial charge in [-0.05, 0) is 25.0 Å². The molecule has 5 nitrogen and oxygen atoms in total. The van der Waals surface area contributed by atoms with Gasteiger partial charge in [-0.15, -0.1) is 0 Å². The molecule has 0 bridgehead atoms. The van der Waals surface area contributed by atoms with Crippen LogP contribution in [-0.2, 0) is 0 Å². The van der Waals surface area contributed by atoms with Crippen LogP contribution in [0.15, 0.2) is 36.3 Å². The molecule has 5 heteroatoms. The Morgan fingerprint density at radius 2 is 2.35 bits per heavy atom. The number of fused-ring (bicyclic) bond motifs is 2. The van der Waals surface area contributed by atoms with Gasteiger partial charge in [-0.25, -0.2) is 4.79 Å². The summed E-state index contributed by atoms with van der Waals surface area (Å²) in [5, 5.41) is 12.5. The minimum Gasteiger partial charge on any atom is -0.465 e. The quantitative estimate of drug-likeness (QED) is 0.662. The van der Waals surface area contributed by atoms with Gasteiger partial charge in [0.25, 0.3) is 0 Å².